The van der Waals surface area contributed by atoms with Crippen LogP contribution in [0.5, 0.6) is 0 Å². The molecule has 2 aromatic carbocycles. The van der Waals surface area contributed by atoms with Crippen molar-refractivity contribution in [3.8, 4) is 11.4 Å². The van der Waals surface area contributed by atoms with Crippen molar-refractivity contribution in [1.82, 2.24) is 15.5 Å². The summed E-state index contributed by atoms with van der Waals surface area (Å²) in [4.78, 5) is 4.31. The number of thiocarbonyl (C=S) groups is 1. The molecule has 0 aliphatic carbocycles. The Balaban J connectivity index is 1.59. The summed E-state index contributed by atoms with van der Waals surface area (Å²) in [5, 5.41) is 11.5. The molecule has 0 amide bonds. The van der Waals surface area contributed by atoms with Gasteiger partial charge in [0.15, 0.2) is 5.11 Å². The Bertz CT molecular complexity index is 869. The van der Waals surface area contributed by atoms with E-state index < -0.39 is 0 Å². The van der Waals surface area contributed by atoms with Gasteiger partial charge >= 0.3 is 0 Å². The molecule has 122 valence electrons. The van der Waals surface area contributed by atoms with Crippen molar-refractivity contribution in [2.75, 3.05) is 5.32 Å². The fraction of sp³-hybridized carbons (Fsp3) is 0.0625. The van der Waals surface area contributed by atoms with Gasteiger partial charge in [-0.2, -0.15) is 4.98 Å². The predicted octanol–water partition coefficient (Wildman–Crippen LogP) is 4.53. The summed E-state index contributed by atoms with van der Waals surface area (Å²) in [5.74, 6) is 0.882. The minimum absolute atomic E-state index is 0.295. The van der Waals surface area contributed by atoms with Crippen molar-refractivity contribution in [2.45, 2.75) is 6.54 Å². The lowest BCUT2D eigenvalue weighted by Gasteiger charge is -2.09. The molecular formula is C16H12Cl2N4OS. The minimum Gasteiger partial charge on any atom is -0.353 e. The molecule has 0 atom stereocenters. The van der Waals surface area contributed by atoms with Gasteiger partial charge in [-0.15, -0.1) is 0 Å². The van der Waals surface area contributed by atoms with Crippen molar-refractivity contribution in [3.05, 3.63) is 64.5 Å². The van der Waals surface area contributed by atoms with E-state index in [0.717, 1.165) is 11.3 Å². The molecule has 0 spiro atoms. The number of nitrogens with one attached hydrogen (secondary N) is 2. The van der Waals surface area contributed by atoms with Gasteiger partial charge in [-0.25, -0.2) is 0 Å². The zero-order chi connectivity index (χ0) is 16.9. The second kappa shape index (κ2) is 7.61. The van der Waals surface area contributed by atoms with Crippen LogP contribution in [0, 0.1) is 0 Å². The van der Waals surface area contributed by atoms with Crippen LogP contribution in [-0.4, -0.2) is 15.3 Å². The van der Waals surface area contributed by atoms with E-state index in [1.807, 2.05) is 30.3 Å². The zero-order valence-corrected chi connectivity index (χ0v) is 14.6. The number of halogens is 2. The van der Waals surface area contributed by atoms with Crippen LogP contribution in [0.25, 0.3) is 11.4 Å². The van der Waals surface area contributed by atoms with Crippen molar-refractivity contribution in [3.63, 3.8) is 0 Å². The molecule has 5 nitrogen and oxygen atoms in total. The maximum atomic E-state index is 6.07. The molecule has 0 unspecified atom stereocenters. The van der Waals surface area contributed by atoms with Crippen LogP contribution in [0.1, 0.15) is 5.89 Å². The summed E-state index contributed by atoms with van der Waals surface area (Å²) in [7, 11) is 0. The summed E-state index contributed by atoms with van der Waals surface area (Å²) in [6.45, 7) is 0.295. The van der Waals surface area contributed by atoms with Gasteiger partial charge in [-0.05, 0) is 36.5 Å². The van der Waals surface area contributed by atoms with E-state index in [-0.39, 0.29) is 0 Å². The molecular weight excluding hydrogens is 367 g/mol. The van der Waals surface area contributed by atoms with Gasteiger partial charge in [-0.1, -0.05) is 52.6 Å². The van der Waals surface area contributed by atoms with Crippen molar-refractivity contribution in [1.29, 1.82) is 0 Å². The van der Waals surface area contributed by atoms with Crippen LogP contribution in [-0.2, 0) is 6.54 Å². The Labute approximate surface area is 154 Å². The van der Waals surface area contributed by atoms with E-state index in [1.54, 1.807) is 18.2 Å². The Morgan fingerprint density at radius 2 is 1.96 bits per heavy atom. The number of rotatable bonds is 4. The Morgan fingerprint density at radius 1 is 1.12 bits per heavy atom. The summed E-state index contributed by atoms with van der Waals surface area (Å²) in [5.41, 5.74) is 1.51. The maximum Gasteiger partial charge on any atom is 0.246 e. The molecule has 3 rings (SSSR count). The van der Waals surface area contributed by atoms with Gasteiger partial charge < -0.3 is 15.2 Å². The Hall–Kier alpha value is -2.15. The van der Waals surface area contributed by atoms with Gasteiger partial charge in [-0.3, -0.25) is 0 Å². The Kier molecular flexibility index (Phi) is 5.30. The molecule has 24 heavy (non-hydrogen) atoms. The normalized spacial score (nSPS) is 10.4. The lowest BCUT2D eigenvalue weighted by atomic mass is 10.2. The number of anilines is 1. The number of hydrogen-bond acceptors (Lipinski definition) is 4. The fourth-order valence-electron chi connectivity index (χ4n) is 1.96. The monoisotopic (exact) mass is 378 g/mol. The van der Waals surface area contributed by atoms with Gasteiger partial charge in [0.1, 0.15) is 0 Å². The smallest absolute Gasteiger partial charge is 0.246 e. The molecule has 0 bridgehead atoms. The first-order valence-electron chi connectivity index (χ1n) is 7.00. The van der Waals surface area contributed by atoms with Crippen molar-refractivity contribution >= 4 is 46.2 Å². The quantitative estimate of drug-likeness (QED) is 0.650. The summed E-state index contributed by atoms with van der Waals surface area (Å²) in [6, 6.07) is 14.6. The molecule has 0 saturated carbocycles. The number of nitrogens with zero attached hydrogens (tertiary/aromatic N) is 2. The van der Waals surface area contributed by atoms with Crippen LogP contribution in [0.15, 0.2) is 53.1 Å². The van der Waals surface area contributed by atoms with E-state index in [4.69, 9.17) is 39.9 Å². The highest BCUT2D eigenvalue weighted by atomic mass is 35.5. The van der Waals surface area contributed by atoms with Crippen LogP contribution in [0.3, 0.4) is 0 Å². The number of para-hydroxylation sites is 1. The lowest BCUT2D eigenvalue weighted by molar-refractivity contribution is 0.376. The van der Waals surface area contributed by atoms with E-state index in [9.17, 15) is 0 Å². The summed E-state index contributed by atoms with van der Waals surface area (Å²) >= 11 is 17.3. The highest BCUT2D eigenvalue weighted by Crippen LogP contribution is 2.21. The van der Waals surface area contributed by atoms with Crippen LogP contribution in [0.4, 0.5) is 5.69 Å². The molecule has 0 aliphatic heterocycles. The third-order valence-corrected chi connectivity index (χ3v) is 3.88. The van der Waals surface area contributed by atoms with E-state index in [2.05, 4.69) is 20.8 Å². The number of benzene rings is 2. The molecule has 0 fully saturated rings. The molecule has 3 aromatic rings. The SMILES string of the molecule is S=C(NCc1nc(-c2cccc(Cl)c2)no1)Nc1ccccc1Cl. The highest BCUT2D eigenvalue weighted by Gasteiger charge is 2.09. The molecule has 0 radical (unpaired) electrons. The van der Waals surface area contributed by atoms with E-state index in [0.29, 0.717) is 33.4 Å². The van der Waals surface area contributed by atoms with Crippen LogP contribution in [0.2, 0.25) is 10.0 Å². The van der Waals surface area contributed by atoms with Gasteiger partial charge in [0.05, 0.1) is 17.3 Å². The molecule has 1 aromatic heterocycles. The highest BCUT2D eigenvalue weighted by molar-refractivity contribution is 7.80. The van der Waals surface area contributed by atoms with E-state index >= 15 is 0 Å². The summed E-state index contributed by atoms with van der Waals surface area (Å²) < 4.78 is 5.20. The van der Waals surface area contributed by atoms with Crippen LogP contribution >= 0.6 is 35.4 Å². The second-order valence-corrected chi connectivity index (χ2v) is 6.06. The lowest BCUT2D eigenvalue weighted by Crippen LogP contribution is -2.28. The third-order valence-electron chi connectivity index (χ3n) is 3.07. The molecule has 0 saturated heterocycles. The van der Waals surface area contributed by atoms with Crippen LogP contribution < -0.4 is 10.6 Å². The first-order valence-corrected chi connectivity index (χ1v) is 8.16. The summed E-state index contributed by atoms with van der Waals surface area (Å²) in [6.07, 6.45) is 0. The van der Waals surface area contributed by atoms with Gasteiger partial charge in [0.2, 0.25) is 11.7 Å². The van der Waals surface area contributed by atoms with Crippen molar-refractivity contribution in [2.24, 2.45) is 0 Å². The molecule has 0 aliphatic rings. The third kappa shape index (κ3) is 4.23. The average molecular weight is 379 g/mol. The fourth-order valence-corrected chi connectivity index (χ4v) is 2.51. The predicted molar refractivity (Wildman–Crippen MR) is 99.3 cm³/mol. The standard InChI is InChI=1S/C16H12Cl2N4OS/c17-11-5-3-4-10(8-11)15-21-14(23-22-15)9-19-16(24)20-13-7-2-1-6-12(13)18/h1-8H,9H2,(H2,19,20,24). The largest absolute Gasteiger partial charge is 0.353 e. The molecule has 2 N–H and O–H groups in total. The first-order chi connectivity index (χ1) is 11.6. The molecule has 1 heterocycles. The maximum absolute atomic E-state index is 6.07. The van der Waals surface area contributed by atoms with Gasteiger partial charge in [0, 0.05) is 10.6 Å². The Morgan fingerprint density at radius 3 is 2.75 bits per heavy atom. The van der Waals surface area contributed by atoms with E-state index in [1.165, 1.54) is 0 Å². The molecule has 8 heteroatoms. The topological polar surface area (TPSA) is 63.0 Å². The zero-order valence-electron chi connectivity index (χ0n) is 12.3. The average Bonchev–Trinajstić information content (AvgIpc) is 3.04. The number of hydrogen-bond donors (Lipinski definition) is 2. The van der Waals surface area contributed by atoms with Crippen molar-refractivity contribution < 1.29 is 4.52 Å². The first kappa shape index (κ1) is 16.7. The van der Waals surface area contributed by atoms with Gasteiger partial charge in [0.25, 0.3) is 0 Å². The minimum atomic E-state index is 0.295. The number of aromatic nitrogens is 2. The second-order valence-electron chi connectivity index (χ2n) is 4.81.